The van der Waals surface area contributed by atoms with Gasteiger partial charge in [-0.25, -0.2) is 9.97 Å². The van der Waals surface area contributed by atoms with Crippen molar-refractivity contribution in [2.75, 3.05) is 56.2 Å². The highest BCUT2D eigenvalue weighted by Gasteiger charge is 2.25. The molecule has 1 amide bonds. The van der Waals surface area contributed by atoms with Crippen molar-refractivity contribution in [3.8, 4) is 5.75 Å². The smallest absolute Gasteiger partial charge is 0.272 e. The lowest BCUT2D eigenvalue weighted by atomic mass is 10.2. The summed E-state index contributed by atoms with van der Waals surface area (Å²) in [6, 6.07) is 9.72. The fourth-order valence-electron chi connectivity index (χ4n) is 3.67. The molecule has 1 aliphatic rings. The second-order valence-corrected chi connectivity index (χ2v) is 7.18. The van der Waals surface area contributed by atoms with Crippen LogP contribution in [0.3, 0.4) is 0 Å². The molecule has 3 rings (SSSR count). The number of hydrogen-bond donors (Lipinski definition) is 0. The summed E-state index contributed by atoms with van der Waals surface area (Å²) in [4.78, 5) is 28.3. The molecular formula is C22H31N5O2. The fourth-order valence-corrected chi connectivity index (χ4v) is 3.67. The van der Waals surface area contributed by atoms with Crippen LogP contribution in [0.1, 0.15) is 37.2 Å². The van der Waals surface area contributed by atoms with Crippen LogP contribution in [0.5, 0.6) is 5.75 Å². The molecule has 7 heteroatoms. The standard InChI is InChI=1S/C22H31N5O2/c1-4-12-27(13-5-2)22-23-11-10-18(24-22)21(28)26-16-14-25(15-17-26)19-8-6-7-9-20(19)29-3/h6-11H,4-5,12-17H2,1-3H3. The van der Waals surface area contributed by atoms with E-state index in [1.54, 1.807) is 19.4 Å². The first-order chi connectivity index (χ1) is 14.2. The zero-order chi connectivity index (χ0) is 20.6. The highest BCUT2D eigenvalue weighted by molar-refractivity contribution is 5.92. The fraction of sp³-hybridized carbons (Fsp3) is 0.500. The maximum atomic E-state index is 13.0. The molecule has 7 nitrogen and oxygen atoms in total. The van der Waals surface area contributed by atoms with Crippen LogP contribution < -0.4 is 14.5 Å². The predicted octanol–water partition coefficient (Wildman–Crippen LogP) is 3.07. The number of ether oxygens (including phenoxy) is 1. The van der Waals surface area contributed by atoms with Crippen molar-refractivity contribution in [2.24, 2.45) is 0 Å². The van der Waals surface area contributed by atoms with Gasteiger partial charge in [0.1, 0.15) is 11.4 Å². The van der Waals surface area contributed by atoms with Crippen molar-refractivity contribution in [1.82, 2.24) is 14.9 Å². The van der Waals surface area contributed by atoms with Gasteiger partial charge in [-0.1, -0.05) is 26.0 Å². The van der Waals surface area contributed by atoms with E-state index in [1.165, 1.54) is 0 Å². The van der Waals surface area contributed by atoms with Crippen molar-refractivity contribution in [3.05, 3.63) is 42.2 Å². The van der Waals surface area contributed by atoms with Gasteiger partial charge in [-0.2, -0.15) is 0 Å². The molecule has 0 N–H and O–H groups in total. The Hall–Kier alpha value is -2.83. The van der Waals surface area contributed by atoms with Crippen LogP contribution in [0, 0.1) is 0 Å². The van der Waals surface area contributed by atoms with Crippen LogP contribution >= 0.6 is 0 Å². The van der Waals surface area contributed by atoms with Crippen molar-refractivity contribution in [1.29, 1.82) is 0 Å². The van der Waals surface area contributed by atoms with Crippen molar-refractivity contribution < 1.29 is 9.53 Å². The molecule has 0 atom stereocenters. The van der Waals surface area contributed by atoms with Gasteiger partial charge in [0.2, 0.25) is 5.95 Å². The monoisotopic (exact) mass is 397 g/mol. The molecule has 2 heterocycles. The Morgan fingerprint density at radius 3 is 2.41 bits per heavy atom. The van der Waals surface area contributed by atoms with Crippen molar-refractivity contribution >= 4 is 17.5 Å². The predicted molar refractivity (Wildman–Crippen MR) is 116 cm³/mol. The minimum absolute atomic E-state index is 0.0266. The third-order valence-corrected chi connectivity index (χ3v) is 5.12. The Labute approximate surface area is 173 Å². The number of piperazine rings is 1. The van der Waals surface area contributed by atoms with E-state index in [9.17, 15) is 4.79 Å². The molecule has 1 aromatic heterocycles. The van der Waals surface area contributed by atoms with E-state index in [0.717, 1.165) is 50.5 Å². The van der Waals surface area contributed by atoms with Gasteiger partial charge in [0.05, 0.1) is 12.8 Å². The maximum Gasteiger partial charge on any atom is 0.272 e. The number of aromatic nitrogens is 2. The Kier molecular flexibility index (Phi) is 7.27. The SMILES string of the molecule is CCCN(CCC)c1nccc(C(=O)N2CCN(c3ccccc3OC)CC2)n1. The van der Waals surface area contributed by atoms with Crippen molar-refractivity contribution in [2.45, 2.75) is 26.7 Å². The van der Waals surface area contributed by atoms with Gasteiger partial charge in [0.25, 0.3) is 5.91 Å². The number of amides is 1. The molecule has 29 heavy (non-hydrogen) atoms. The van der Waals surface area contributed by atoms with Gasteiger partial charge < -0.3 is 19.4 Å². The van der Waals surface area contributed by atoms with Gasteiger partial charge in [-0.05, 0) is 31.0 Å². The molecule has 1 aliphatic heterocycles. The van der Waals surface area contributed by atoms with Crippen molar-refractivity contribution in [3.63, 3.8) is 0 Å². The van der Waals surface area contributed by atoms with E-state index >= 15 is 0 Å². The first kappa shape index (κ1) is 20.9. The summed E-state index contributed by atoms with van der Waals surface area (Å²) < 4.78 is 5.47. The summed E-state index contributed by atoms with van der Waals surface area (Å²) >= 11 is 0. The number of methoxy groups -OCH3 is 1. The number of anilines is 2. The first-order valence-electron chi connectivity index (χ1n) is 10.4. The van der Waals surface area contributed by atoms with E-state index in [-0.39, 0.29) is 5.91 Å². The lowest BCUT2D eigenvalue weighted by Gasteiger charge is -2.36. The largest absolute Gasteiger partial charge is 0.495 e. The molecule has 0 aliphatic carbocycles. The zero-order valence-corrected chi connectivity index (χ0v) is 17.7. The summed E-state index contributed by atoms with van der Waals surface area (Å²) in [6.07, 6.45) is 3.73. The van der Waals surface area contributed by atoms with E-state index in [1.807, 2.05) is 23.1 Å². The second kappa shape index (κ2) is 10.1. The van der Waals surface area contributed by atoms with Gasteiger partial charge in [0, 0.05) is 45.5 Å². The molecule has 1 fully saturated rings. The molecule has 156 valence electrons. The lowest BCUT2D eigenvalue weighted by molar-refractivity contribution is 0.0740. The molecule has 1 saturated heterocycles. The van der Waals surface area contributed by atoms with Crippen LogP contribution in [-0.2, 0) is 0 Å². The minimum Gasteiger partial charge on any atom is -0.495 e. The third-order valence-electron chi connectivity index (χ3n) is 5.12. The van der Waals surface area contributed by atoms with Crippen LogP contribution in [0.4, 0.5) is 11.6 Å². The highest BCUT2D eigenvalue weighted by Crippen LogP contribution is 2.28. The molecule has 0 spiro atoms. The molecule has 0 saturated carbocycles. The normalized spacial score (nSPS) is 14.0. The molecule has 2 aromatic rings. The molecule has 0 radical (unpaired) electrons. The quantitative estimate of drug-likeness (QED) is 0.682. The van der Waals surface area contributed by atoms with E-state index in [4.69, 9.17) is 4.74 Å². The number of carbonyl (C=O) groups excluding carboxylic acids is 1. The number of carbonyl (C=O) groups is 1. The van der Waals surface area contributed by atoms with Crippen LogP contribution in [0.15, 0.2) is 36.5 Å². The summed E-state index contributed by atoms with van der Waals surface area (Å²) in [5, 5.41) is 0. The number of hydrogen-bond acceptors (Lipinski definition) is 6. The number of nitrogens with zero attached hydrogens (tertiary/aromatic N) is 5. The average Bonchev–Trinajstić information content (AvgIpc) is 2.78. The molecule has 0 unspecified atom stereocenters. The number of rotatable bonds is 8. The van der Waals surface area contributed by atoms with Gasteiger partial charge in [-0.3, -0.25) is 4.79 Å². The highest BCUT2D eigenvalue weighted by atomic mass is 16.5. The molecule has 0 bridgehead atoms. The minimum atomic E-state index is -0.0266. The zero-order valence-electron chi connectivity index (χ0n) is 17.7. The lowest BCUT2D eigenvalue weighted by Crippen LogP contribution is -2.49. The Morgan fingerprint density at radius 2 is 1.76 bits per heavy atom. The van der Waals surface area contributed by atoms with Crippen LogP contribution in [-0.4, -0.2) is 67.2 Å². The summed E-state index contributed by atoms with van der Waals surface area (Å²) in [7, 11) is 1.69. The van der Waals surface area contributed by atoms with Gasteiger partial charge in [-0.15, -0.1) is 0 Å². The van der Waals surface area contributed by atoms with Crippen LogP contribution in [0.2, 0.25) is 0 Å². The maximum absolute atomic E-state index is 13.0. The molecule has 1 aromatic carbocycles. The second-order valence-electron chi connectivity index (χ2n) is 7.18. The Morgan fingerprint density at radius 1 is 1.07 bits per heavy atom. The topological polar surface area (TPSA) is 61.8 Å². The molecular weight excluding hydrogens is 366 g/mol. The van der Waals surface area contributed by atoms with Crippen LogP contribution in [0.25, 0.3) is 0 Å². The Balaban J connectivity index is 1.67. The van der Waals surface area contributed by atoms with E-state index in [2.05, 4.69) is 39.7 Å². The summed E-state index contributed by atoms with van der Waals surface area (Å²) in [5.41, 5.74) is 1.54. The third kappa shape index (κ3) is 4.96. The summed E-state index contributed by atoms with van der Waals surface area (Å²) in [6.45, 7) is 8.90. The Bertz CT molecular complexity index is 799. The van der Waals surface area contributed by atoms with E-state index < -0.39 is 0 Å². The van der Waals surface area contributed by atoms with Gasteiger partial charge in [0.15, 0.2) is 0 Å². The van der Waals surface area contributed by atoms with Gasteiger partial charge >= 0.3 is 0 Å². The summed E-state index contributed by atoms with van der Waals surface area (Å²) in [5.74, 6) is 1.48. The number of benzene rings is 1. The van der Waals surface area contributed by atoms with E-state index in [0.29, 0.717) is 24.7 Å². The average molecular weight is 398 g/mol. The first-order valence-corrected chi connectivity index (χ1v) is 10.4. The number of para-hydroxylation sites is 2.